The lowest BCUT2D eigenvalue weighted by Crippen LogP contribution is -2.49. The second kappa shape index (κ2) is 6.96. The van der Waals surface area contributed by atoms with Gasteiger partial charge < -0.3 is 14.6 Å². The summed E-state index contributed by atoms with van der Waals surface area (Å²) in [7, 11) is 1.37. The van der Waals surface area contributed by atoms with E-state index in [1.54, 1.807) is 4.90 Å². The third kappa shape index (κ3) is 2.68. The van der Waals surface area contributed by atoms with Crippen molar-refractivity contribution in [2.45, 2.75) is 44.6 Å². The minimum Gasteiger partial charge on any atom is -0.469 e. The number of carbonyl (C=O) groups is 3. The Morgan fingerprint density at radius 3 is 2.79 bits per heavy atom. The highest BCUT2D eigenvalue weighted by molar-refractivity contribution is 6.08. The van der Waals surface area contributed by atoms with E-state index in [9.17, 15) is 14.4 Å². The SMILES string of the molecule is COC(=O)CCCCCN1C(=O)N2CCc3c([nH]c4ccccc34)[C@]2(C)C1=O. The molecule has 0 aliphatic carbocycles. The van der Waals surface area contributed by atoms with Gasteiger partial charge in [0.25, 0.3) is 5.91 Å². The van der Waals surface area contributed by atoms with Gasteiger partial charge in [0.2, 0.25) is 0 Å². The maximum absolute atomic E-state index is 13.3. The van der Waals surface area contributed by atoms with Crippen molar-refractivity contribution in [3.8, 4) is 0 Å². The van der Waals surface area contributed by atoms with Crippen molar-refractivity contribution in [3.63, 3.8) is 0 Å². The normalized spacial score (nSPS) is 21.2. The van der Waals surface area contributed by atoms with Crippen molar-refractivity contribution in [3.05, 3.63) is 35.5 Å². The summed E-state index contributed by atoms with van der Waals surface area (Å²) >= 11 is 0. The van der Waals surface area contributed by atoms with Crippen LogP contribution in [0.25, 0.3) is 10.9 Å². The second-order valence-electron chi connectivity index (χ2n) is 7.62. The number of methoxy groups -OCH3 is 1. The molecule has 0 bridgehead atoms. The van der Waals surface area contributed by atoms with Crippen LogP contribution in [-0.4, -0.2) is 52.9 Å². The first-order valence-corrected chi connectivity index (χ1v) is 9.79. The van der Waals surface area contributed by atoms with Crippen molar-refractivity contribution in [1.82, 2.24) is 14.8 Å². The van der Waals surface area contributed by atoms with Crippen LogP contribution in [0.15, 0.2) is 24.3 Å². The molecule has 3 heterocycles. The van der Waals surface area contributed by atoms with E-state index in [4.69, 9.17) is 0 Å². The monoisotopic (exact) mass is 383 g/mol. The smallest absolute Gasteiger partial charge is 0.327 e. The summed E-state index contributed by atoms with van der Waals surface area (Å²) in [6.45, 7) is 2.76. The zero-order valence-corrected chi connectivity index (χ0v) is 16.3. The van der Waals surface area contributed by atoms with Gasteiger partial charge in [-0.2, -0.15) is 0 Å². The molecule has 2 aliphatic rings. The summed E-state index contributed by atoms with van der Waals surface area (Å²) in [5.74, 6) is -0.401. The van der Waals surface area contributed by atoms with Crippen LogP contribution in [0, 0.1) is 0 Å². The molecule has 1 fully saturated rings. The number of para-hydroxylation sites is 1. The van der Waals surface area contributed by atoms with Gasteiger partial charge in [0.15, 0.2) is 5.54 Å². The Kier molecular flexibility index (Phi) is 4.61. The number of nitrogens with one attached hydrogen (secondary N) is 1. The number of H-pyrrole nitrogens is 1. The molecule has 1 aromatic carbocycles. The number of imide groups is 1. The van der Waals surface area contributed by atoms with Crippen molar-refractivity contribution >= 4 is 28.8 Å². The standard InChI is InChI=1S/C21H25N3O4/c1-21-18-15(14-8-5-6-9-16(14)22-18)11-13-24(21)20(27)23(19(21)26)12-7-3-4-10-17(25)28-2/h5-6,8-9,22H,3-4,7,10-13H2,1-2H3/t21-/m1/s1. The van der Waals surface area contributed by atoms with Gasteiger partial charge in [-0.05, 0) is 37.8 Å². The van der Waals surface area contributed by atoms with Crippen LogP contribution >= 0.6 is 0 Å². The van der Waals surface area contributed by atoms with Crippen molar-refractivity contribution in [2.75, 3.05) is 20.2 Å². The van der Waals surface area contributed by atoms with Crippen LogP contribution in [-0.2, 0) is 26.3 Å². The van der Waals surface area contributed by atoms with Crippen molar-refractivity contribution < 1.29 is 19.1 Å². The molecule has 0 saturated carbocycles. The largest absolute Gasteiger partial charge is 0.469 e. The van der Waals surface area contributed by atoms with E-state index in [0.29, 0.717) is 32.4 Å². The summed E-state index contributed by atoms with van der Waals surface area (Å²) in [6, 6.07) is 7.80. The number of ether oxygens (including phenoxy) is 1. The average Bonchev–Trinajstić information content (AvgIpc) is 3.17. The molecule has 4 rings (SSSR count). The van der Waals surface area contributed by atoms with Gasteiger partial charge in [0, 0.05) is 30.4 Å². The topological polar surface area (TPSA) is 82.7 Å². The second-order valence-corrected chi connectivity index (χ2v) is 7.62. The van der Waals surface area contributed by atoms with E-state index in [-0.39, 0.29) is 17.9 Å². The quantitative estimate of drug-likeness (QED) is 0.472. The number of hydrogen-bond donors (Lipinski definition) is 1. The lowest BCUT2D eigenvalue weighted by atomic mass is 9.87. The van der Waals surface area contributed by atoms with E-state index >= 15 is 0 Å². The van der Waals surface area contributed by atoms with Crippen LogP contribution in [0.3, 0.4) is 0 Å². The summed E-state index contributed by atoms with van der Waals surface area (Å²) in [6.07, 6.45) is 3.23. The number of carbonyl (C=O) groups excluding carboxylic acids is 3. The molecular formula is C21H25N3O4. The predicted molar refractivity (Wildman–Crippen MR) is 104 cm³/mol. The summed E-state index contributed by atoms with van der Waals surface area (Å²) in [5.41, 5.74) is 1.99. The number of aromatic amines is 1. The minimum atomic E-state index is -0.976. The van der Waals surface area contributed by atoms with Gasteiger partial charge in [-0.1, -0.05) is 24.6 Å². The number of urea groups is 1. The molecule has 7 heteroatoms. The lowest BCUT2D eigenvalue weighted by molar-refractivity contribution is -0.140. The van der Waals surface area contributed by atoms with Gasteiger partial charge in [-0.15, -0.1) is 0 Å². The molecule has 0 radical (unpaired) electrons. The third-order valence-electron chi connectivity index (χ3n) is 6.04. The number of amides is 3. The number of rotatable bonds is 6. The molecule has 1 saturated heterocycles. The van der Waals surface area contributed by atoms with Gasteiger partial charge in [-0.25, -0.2) is 4.79 Å². The Labute approximate surface area is 163 Å². The summed E-state index contributed by atoms with van der Waals surface area (Å²) in [4.78, 5) is 43.9. The average molecular weight is 383 g/mol. The number of unbranched alkanes of at least 4 members (excludes halogenated alkanes) is 2. The summed E-state index contributed by atoms with van der Waals surface area (Å²) < 4.78 is 4.63. The number of fused-ring (bicyclic) bond motifs is 5. The van der Waals surface area contributed by atoms with Crippen molar-refractivity contribution in [2.24, 2.45) is 0 Å². The third-order valence-corrected chi connectivity index (χ3v) is 6.04. The Balaban J connectivity index is 1.53. The molecule has 2 aromatic rings. The van der Waals surface area contributed by atoms with E-state index < -0.39 is 5.54 Å². The minimum absolute atomic E-state index is 0.169. The number of aromatic nitrogens is 1. The molecule has 1 N–H and O–H groups in total. The van der Waals surface area contributed by atoms with Crippen LogP contribution in [0.2, 0.25) is 0 Å². The molecule has 7 nitrogen and oxygen atoms in total. The molecule has 3 amide bonds. The fourth-order valence-corrected chi connectivity index (χ4v) is 4.48. The number of hydrogen-bond acceptors (Lipinski definition) is 4. The summed E-state index contributed by atoms with van der Waals surface area (Å²) in [5, 5.41) is 1.12. The molecular weight excluding hydrogens is 358 g/mol. The van der Waals surface area contributed by atoms with Gasteiger partial charge in [-0.3, -0.25) is 14.5 Å². The van der Waals surface area contributed by atoms with E-state index in [1.165, 1.54) is 12.0 Å². The fraction of sp³-hybridized carbons (Fsp3) is 0.476. The van der Waals surface area contributed by atoms with E-state index in [1.807, 2.05) is 25.1 Å². The maximum Gasteiger partial charge on any atom is 0.327 e. The van der Waals surface area contributed by atoms with E-state index in [2.05, 4.69) is 15.8 Å². The number of benzene rings is 1. The molecule has 28 heavy (non-hydrogen) atoms. The molecule has 1 atom stereocenters. The first kappa shape index (κ1) is 18.5. The fourth-order valence-electron chi connectivity index (χ4n) is 4.48. The van der Waals surface area contributed by atoms with Crippen LogP contribution < -0.4 is 0 Å². The highest BCUT2D eigenvalue weighted by atomic mass is 16.5. The highest BCUT2D eigenvalue weighted by Gasteiger charge is 2.58. The lowest BCUT2D eigenvalue weighted by Gasteiger charge is -2.36. The van der Waals surface area contributed by atoms with Gasteiger partial charge in [0.05, 0.1) is 12.8 Å². The highest BCUT2D eigenvalue weighted by Crippen LogP contribution is 2.43. The zero-order chi connectivity index (χ0) is 19.9. The first-order chi connectivity index (χ1) is 13.5. The van der Waals surface area contributed by atoms with E-state index in [0.717, 1.165) is 35.0 Å². The van der Waals surface area contributed by atoms with Crippen LogP contribution in [0.5, 0.6) is 0 Å². The molecule has 0 unspecified atom stereocenters. The Bertz CT molecular complexity index is 950. The maximum atomic E-state index is 13.3. The molecule has 148 valence electrons. The predicted octanol–water partition coefficient (Wildman–Crippen LogP) is 2.94. The first-order valence-electron chi connectivity index (χ1n) is 9.79. The van der Waals surface area contributed by atoms with Crippen LogP contribution in [0.1, 0.15) is 43.9 Å². The van der Waals surface area contributed by atoms with Gasteiger partial charge >= 0.3 is 12.0 Å². The van der Waals surface area contributed by atoms with Crippen molar-refractivity contribution in [1.29, 1.82) is 0 Å². The Morgan fingerprint density at radius 1 is 1.21 bits per heavy atom. The molecule has 1 aromatic heterocycles. The van der Waals surface area contributed by atoms with Gasteiger partial charge in [0.1, 0.15) is 0 Å². The Morgan fingerprint density at radius 2 is 2.00 bits per heavy atom. The number of esters is 1. The Hall–Kier alpha value is -2.83. The number of nitrogens with zero attached hydrogens (tertiary/aromatic N) is 2. The molecule has 0 spiro atoms. The van der Waals surface area contributed by atoms with Crippen LogP contribution in [0.4, 0.5) is 4.79 Å². The zero-order valence-electron chi connectivity index (χ0n) is 16.3. The molecule has 2 aliphatic heterocycles.